The molecule has 5 rings (SSSR count). The molecule has 192 valence electrons. The molecular weight excluding hydrogens is 518 g/mol. The fourth-order valence-electron chi connectivity index (χ4n) is 3.73. The van der Waals surface area contributed by atoms with Crippen molar-refractivity contribution in [3.05, 3.63) is 107 Å². The van der Waals surface area contributed by atoms with Crippen LogP contribution < -0.4 is 9.47 Å². The average Bonchev–Trinajstić information content (AvgIpc) is 3.32. The van der Waals surface area contributed by atoms with Crippen molar-refractivity contribution in [2.45, 2.75) is 6.92 Å². The van der Waals surface area contributed by atoms with E-state index < -0.39 is 17.7 Å². The van der Waals surface area contributed by atoms with E-state index in [1.54, 1.807) is 73.7 Å². The number of esters is 2. The smallest absolute Gasteiger partial charge is 0.347 e. The van der Waals surface area contributed by atoms with Crippen LogP contribution in [-0.2, 0) is 0 Å². The molecule has 0 fully saturated rings. The molecule has 0 spiro atoms. The Hall–Kier alpha value is -5.22. The molecule has 1 N–H and O–H groups in total. The van der Waals surface area contributed by atoms with Gasteiger partial charge in [0.15, 0.2) is 17.0 Å². The highest BCUT2D eigenvalue weighted by Gasteiger charge is 2.22. The van der Waals surface area contributed by atoms with Crippen molar-refractivity contribution in [2.24, 2.45) is 10.2 Å². The van der Waals surface area contributed by atoms with E-state index in [0.29, 0.717) is 28.5 Å². The molecule has 0 atom stereocenters. The van der Waals surface area contributed by atoms with Crippen LogP contribution in [0.15, 0.2) is 95.2 Å². The van der Waals surface area contributed by atoms with Gasteiger partial charge in [-0.1, -0.05) is 42.5 Å². The molecule has 0 amide bonds. The van der Waals surface area contributed by atoms with Crippen LogP contribution >= 0.6 is 11.5 Å². The van der Waals surface area contributed by atoms with Crippen LogP contribution in [0.5, 0.6) is 17.2 Å². The summed E-state index contributed by atoms with van der Waals surface area (Å²) < 4.78 is 15.0. The lowest BCUT2D eigenvalue weighted by Gasteiger charge is -2.11. The molecule has 0 saturated heterocycles. The highest BCUT2D eigenvalue weighted by molar-refractivity contribution is 7.10. The van der Waals surface area contributed by atoms with Gasteiger partial charge in [-0.15, -0.1) is 10.2 Å². The Kier molecular flexibility index (Phi) is 7.19. The molecule has 39 heavy (non-hydrogen) atoms. The van der Waals surface area contributed by atoms with Crippen molar-refractivity contribution in [3.8, 4) is 17.2 Å². The first-order valence-corrected chi connectivity index (χ1v) is 12.4. The fourth-order valence-corrected chi connectivity index (χ4v) is 4.43. The van der Waals surface area contributed by atoms with Gasteiger partial charge in [-0.25, -0.2) is 9.59 Å². The minimum absolute atomic E-state index is 0.0432. The van der Waals surface area contributed by atoms with Gasteiger partial charge in [0.2, 0.25) is 0 Å². The maximum absolute atomic E-state index is 13.1. The Balaban J connectivity index is 1.60. The van der Waals surface area contributed by atoms with Crippen LogP contribution in [0.25, 0.3) is 10.8 Å². The number of ether oxygens (including phenoxy) is 2. The summed E-state index contributed by atoms with van der Waals surface area (Å²) >= 11 is 0.975. The summed E-state index contributed by atoms with van der Waals surface area (Å²) in [7, 11) is 0. The molecule has 4 aromatic carbocycles. The summed E-state index contributed by atoms with van der Waals surface area (Å²) in [5, 5.41) is 20.4. The first-order chi connectivity index (χ1) is 18.9. The van der Waals surface area contributed by atoms with E-state index >= 15 is 0 Å². The zero-order valence-electron chi connectivity index (χ0n) is 20.4. The van der Waals surface area contributed by atoms with E-state index in [9.17, 15) is 19.5 Å². The van der Waals surface area contributed by atoms with E-state index in [1.165, 1.54) is 18.2 Å². The van der Waals surface area contributed by atoms with Crippen LogP contribution in [0.4, 0.5) is 10.7 Å². The lowest BCUT2D eigenvalue weighted by atomic mass is 10.0. The van der Waals surface area contributed by atoms with Crippen molar-refractivity contribution < 1.29 is 29.0 Å². The van der Waals surface area contributed by atoms with Crippen molar-refractivity contribution in [1.82, 2.24) is 4.37 Å². The monoisotopic (exact) mass is 537 g/mol. The molecule has 0 aliphatic heterocycles. The zero-order valence-corrected chi connectivity index (χ0v) is 21.2. The summed E-state index contributed by atoms with van der Waals surface area (Å²) in [6.45, 7) is 1.67. The molecule has 0 saturated carbocycles. The molecule has 1 heterocycles. The summed E-state index contributed by atoms with van der Waals surface area (Å²) in [4.78, 5) is 37.3. The van der Waals surface area contributed by atoms with Gasteiger partial charge in [-0.05, 0) is 66.3 Å². The number of para-hydroxylation sites is 2. The fraction of sp³-hybridized carbons (Fsp3) is 0.0345. The summed E-state index contributed by atoms with van der Waals surface area (Å²) in [6.07, 6.45) is 0.628. The molecule has 1 aromatic heterocycles. The third kappa shape index (κ3) is 5.41. The van der Waals surface area contributed by atoms with Crippen molar-refractivity contribution >= 4 is 51.2 Å². The summed E-state index contributed by atoms with van der Waals surface area (Å²) in [5.74, 6) is -1.26. The quantitative estimate of drug-likeness (QED) is 0.103. The largest absolute Gasteiger partial charge is 0.505 e. The molecule has 9 nitrogen and oxygen atoms in total. The normalized spacial score (nSPS) is 11.0. The summed E-state index contributed by atoms with van der Waals surface area (Å²) in [6, 6.07) is 23.0. The molecule has 0 bridgehead atoms. The van der Waals surface area contributed by atoms with E-state index in [-0.39, 0.29) is 33.1 Å². The first-order valence-electron chi connectivity index (χ1n) is 11.6. The Morgan fingerprint density at radius 2 is 1.51 bits per heavy atom. The number of carbonyl (C=O) groups excluding carboxylic acids is 3. The number of fused-ring (bicyclic) bond motifs is 1. The number of benzene rings is 4. The van der Waals surface area contributed by atoms with Crippen LogP contribution in [0.1, 0.15) is 36.8 Å². The van der Waals surface area contributed by atoms with Crippen molar-refractivity contribution in [1.29, 1.82) is 0 Å². The molecule has 0 aliphatic carbocycles. The molecular formula is C29H19N3O6S. The van der Waals surface area contributed by atoms with Gasteiger partial charge >= 0.3 is 11.9 Å². The lowest BCUT2D eigenvalue weighted by molar-refractivity contribution is 0.0724. The standard InChI is InChI=1S/C29H19N3O6S/c1-17-24(16-33)27(39-32-17)31-30-25-22-13-12-18(28(35)37-20-8-4-2-5-9-20)14-19(22)15-23(26(25)34)29(36)38-21-10-6-3-7-11-21/h2-16,34H,1H3/b31-30+. The van der Waals surface area contributed by atoms with Gasteiger partial charge in [-0.2, -0.15) is 4.37 Å². The van der Waals surface area contributed by atoms with Crippen LogP contribution in [-0.4, -0.2) is 27.7 Å². The lowest BCUT2D eigenvalue weighted by Crippen LogP contribution is -2.10. The number of azo groups is 1. The Morgan fingerprint density at radius 3 is 2.15 bits per heavy atom. The van der Waals surface area contributed by atoms with Crippen molar-refractivity contribution in [2.75, 3.05) is 0 Å². The zero-order chi connectivity index (χ0) is 27.4. The predicted octanol–water partition coefficient (Wildman–Crippen LogP) is 6.98. The number of aldehydes is 1. The maximum Gasteiger partial charge on any atom is 0.347 e. The topological polar surface area (TPSA) is 128 Å². The second-order valence-electron chi connectivity index (χ2n) is 8.27. The third-order valence-electron chi connectivity index (χ3n) is 5.70. The highest BCUT2D eigenvalue weighted by Crippen LogP contribution is 2.41. The number of hydrogen-bond donors (Lipinski definition) is 1. The Labute approximate surface area is 226 Å². The second-order valence-corrected chi connectivity index (χ2v) is 9.02. The molecule has 0 unspecified atom stereocenters. The predicted molar refractivity (Wildman–Crippen MR) is 145 cm³/mol. The molecule has 5 aromatic rings. The van der Waals surface area contributed by atoms with Crippen LogP contribution in [0.2, 0.25) is 0 Å². The number of aryl methyl sites for hydroxylation is 1. The number of phenols is 1. The van der Waals surface area contributed by atoms with E-state index in [2.05, 4.69) is 14.6 Å². The number of rotatable bonds is 7. The van der Waals surface area contributed by atoms with Crippen LogP contribution in [0, 0.1) is 6.92 Å². The number of aromatic hydroxyl groups is 1. The Morgan fingerprint density at radius 1 is 0.872 bits per heavy atom. The third-order valence-corrected chi connectivity index (χ3v) is 6.54. The van der Waals surface area contributed by atoms with Crippen LogP contribution in [0.3, 0.4) is 0 Å². The van der Waals surface area contributed by atoms with Gasteiger partial charge in [0.1, 0.15) is 22.7 Å². The number of phenolic OH excluding ortho intramolecular Hbond substituents is 1. The van der Waals surface area contributed by atoms with Gasteiger partial charge in [-0.3, -0.25) is 4.79 Å². The second kappa shape index (κ2) is 11.0. The SMILES string of the molecule is Cc1nsc(/N=N/c2c(O)c(C(=O)Oc3ccccc3)cc3cc(C(=O)Oc4ccccc4)ccc23)c1C=O. The maximum atomic E-state index is 13.1. The molecule has 10 heteroatoms. The Bertz CT molecular complexity index is 1730. The van der Waals surface area contributed by atoms with E-state index in [4.69, 9.17) is 9.47 Å². The average molecular weight is 538 g/mol. The number of nitrogens with zero attached hydrogens (tertiary/aromatic N) is 3. The number of aromatic nitrogens is 1. The minimum atomic E-state index is -0.837. The van der Waals surface area contributed by atoms with Crippen molar-refractivity contribution in [3.63, 3.8) is 0 Å². The minimum Gasteiger partial charge on any atom is -0.505 e. The van der Waals surface area contributed by atoms with E-state index in [1.807, 2.05) is 0 Å². The number of carbonyl (C=O) groups is 3. The van der Waals surface area contributed by atoms with Gasteiger partial charge in [0.25, 0.3) is 0 Å². The van der Waals surface area contributed by atoms with Gasteiger partial charge < -0.3 is 14.6 Å². The highest BCUT2D eigenvalue weighted by atomic mass is 32.1. The molecule has 0 radical (unpaired) electrons. The number of hydrogen-bond acceptors (Lipinski definition) is 10. The van der Waals surface area contributed by atoms with Gasteiger partial charge in [0, 0.05) is 5.39 Å². The molecule has 0 aliphatic rings. The van der Waals surface area contributed by atoms with E-state index in [0.717, 1.165) is 11.5 Å². The van der Waals surface area contributed by atoms with Gasteiger partial charge in [0.05, 0.1) is 16.8 Å². The first kappa shape index (κ1) is 25.4. The summed E-state index contributed by atoms with van der Waals surface area (Å²) in [5.41, 5.74) is 0.755.